The van der Waals surface area contributed by atoms with Gasteiger partial charge in [-0.15, -0.1) is 10.2 Å². The van der Waals surface area contributed by atoms with E-state index in [1.54, 1.807) is 12.1 Å². The highest BCUT2D eigenvalue weighted by atomic mass is 35.5. The van der Waals surface area contributed by atoms with E-state index in [0.29, 0.717) is 22.6 Å². The van der Waals surface area contributed by atoms with Crippen molar-refractivity contribution in [3.8, 4) is 5.75 Å². The van der Waals surface area contributed by atoms with Crippen LogP contribution in [0.2, 0.25) is 5.02 Å². The lowest BCUT2D eigenvalue weighted by Crippen LogP contribution is -2.14. The van der Waals surface area contributed by atoms with E-state index < -0.39 is 0 Å². The molecule has 0 saturated carbocycles. The molecule has 0 atom stereocenters. The summed E-state index contributed by atoms with van der Waals surface area (Å²) in [6.07, 6.45) is 1.75. The van der Waals surface area contributed by atoms with Gasteiger partial charge in [0.15, 0.2) is 6.61 Å². The number of hydrogen-bond acceptors (Lipinski definition) is 5. The first-order chi connectivity index (χ1) is 9.78. The Balaban J connectivity index is 1.78. The highest BCUT2D eigenvalue weighted by Gasteiger charge is 2.06. The maximum absolute atomic E-state index is 5.88. The third kappa shape index (κ3) is 4.83. The fourth-order valence-electron chi connectivity index (χ4n) is 1.69. The zero-order valence-electron chi connectivity index (χ0n) is 11.4. The Kier molecular flexibility index (Phi) is 5.83. The number of aromatic nitrogens is 2. The number of halogens is 1. The molecule has 0 aliphatic rings. The lowest BCUT2D eigenvalue weighted by molar-refractivity contribution is 0.258. The lowest BCUT2D eigenvalue weighted by Gasteiger charge is -2.02. The standard InChI is InChI=1S/C14H18ClN3O2/c1-2-16-8-4-7-13-17-18-14(20-13)10-19-12-6-3-5-11(15)9-12/h3,5-6,9,16H,2,4,7-8,10H2,1H3. The van der Waals surface area contributed by atoms with Crippen molar-refractivity contribution in [3.63, 3.8) is 0 Å². The van der Waals surface area contributed by atoms with Crippen LogP contribution < -0.4 is 10.1 Å². The van der Waals surface area contributed by atoms with E-state index in [9.17, 15) is 0 Å². The van der Waals surface area contributed by atoms with Gasteiger partial charge in [-0.1, -0.05) is 24.6 Å². The van der Waals surface area contributed by atoms with Crippen molar-refractivity contribution in [1.29, 1.82) is 0 Å². The normalized spacial score (nSPS) is 10.7. The van der Waals surface area contributed by atoms with Gasteiger partial charge in [0.05, 0.1) is 0 Å². The van der Waals surface area contributed by atoms with Gasteiger partial charge >= 0.3 is 0 Å². The van der Waals surface area contributed by atoms with E-state index in [1.165, 1.54) is 0 Å². The zero-order chi connectivity index (χ0) is 14.2. The van der Waals surface area contributed by atoms with E-state index in [-0.39, 0.29) is 6.61 Å². The molecule has 0 aliphatic heterocycles. The van der Waals surface area contributed by atoms with Gasteiger partial charge in [0.25, 0.3) is 5.89 Å². The molecular weight excluding hydrogens is 278 g/mol. The fourth-order valence-corrected chi connectivity index (χ4v) is 1.87. The van der Waals surface area contributed by atoms with Crippen LogP contribution in [0.15, 0.2) is 28.7 Å². The molecule has 1 aromatic heterocycles. The van der Waals surface area contributed by atoms with Crippen molar-refractivity contribution in [1.82, 2.24) is 15.5 Å². The van der Waals surface area contributed by atoms with Gasteiger partial charge in [-0.05, 0) is 37.7 Å². The molecule has 20 heavy (non-hydrogen) atoms. The molecule has 0 fully saturated rings. The SMILES string of the molecule is CCNCCCc1nnc(COc2cccc(Cl)c2)o1. The molecule has 0 spiro atoms. The molecule has 108 valence electrons. The van der Waals surface area contributed by atoms with Crippen molar-refractivity contribution >= 4 is 11.6 Å². The first-order valence-electron chi connectivity index (χ1n) is 6.68. The van der Waals surface area contributed by atoms with Crippen LogP contribution in [0.1, 0.15) is 25.1 Å². The van der Waals surface area contributed by atoms with Gasteiger partial charge in [-0.3, -0.25) is 0 Å². The fraction of sp³-hybridized carbons (Fsp3) is 0.429. The minimum atomic E-state index is 0.251. The topological polar surface area (TPSA) is 60.2 Å². The summed E-state index contributed by atoms with van der Waals surface area (Å²) in [5, 5.41) is 11.8. The van der Waals surface area contributed by atoms with Crippen LogP contribution in [0.4, 0.5) is 0 Å². The number of hydrogen-bond donors (Lipinski definition) is 1. The largest absolute Gasteiger partial charge is 0.484 e. The molecule has 1 aromatic carbocycles. The minimum absolute atomic E-state index is 0.251. The molecule has 0 unspecified atom stereocenters. The van der Waals surface area contributed by atoms with Crippen LogP contribution in [0, 0.1) is 0 Å². The van der Waals surface area contributed by atoms with Crippen molar-refractivity contribution in [2.24, 2.45) is 0 Å². The molecule has 6 heteroatoms. The summed E-state index contributed by atoms with van der Waals surface area (Å²) in [6.45, 7) is 4.26. The Morgan fingerprint density at radius 3 is 2.95 bits per heavy atom. The van der Waals surface area contributed by atoms with Crippen LogP contribution in [0.3, 0.4) is 0 Å². The highest BCUT2D eigenvalue weighted by molar-refractivity contribution is 6.30. The van der Waals surface area contributed by atoms with Crippen LogP contribution in [0.5, 0.6) is 5.75 Å². The summed E-state index contributed by atoms with van der Waals surface area (Å²) in [5.74, 6) is 1.81. The van der Waals surface area contributed by atoms with Crippen molar-refractivity contribution in [2.45, 2.75) is 26.4 Å². The van der Waals surface area contributed by atoms with Crippen LogP contribution >= 0.6 is 11.6 Å². The highest BCUT2D eigenvalue weighted by Crippen LogP contribution is 2.18. The summed E-state index contributed by atoms with van der Waals surface area (Å²) >= 11 is 5.88. The number of benzene rings is 1. The Labute approximate surface area is 123 Å². The van der Waals surface area contributed by atoms with Gasteiger partial charge in [-0.25, -0.2) is 0 Å². The van der Waals surface area contributed by atoms with Gasteiger partial charge in [0.2, 0.25) is 5.89 Å². The van der Waals surface area contributed by atoms with E-state index >= 15 is 0 Å². The van der Waals surface area contributed by atoms with E-state index in [0.717, 1.165) is 25.9 Å². The number of nitrogens with zero attached hydrogens (tertiary/aromatic N) is 2. The molecule has 1 heterocycles. The van der Waals surface area contributed by atoms with Crippen molar-refractivity contribution in [3.05, 3.63) is 41.1 Å². The zero-order valence-corrected chi connectivity index (χ0v) is 12.2. The van der Waals surface area contributed by atoms with Crippen molar-refractivity contribution < 1.29 is 9.15 Å². The Bertz CT molecular complexity index is 531. The summed E-state index contributed by atoms with van der Waals surface area (Å²) in [5.41, 5.74) is 0. The molecule has 2 aromatic rings. The Hall–Kier alpha value is -1.59. The second-order valence-corrected chi connectivity index (χ2v) is 4.73. The average Bonchev–Trinajstić information content (AvgIpc) is 2.89. The smallest absolute Gasteiger partial charge is 0.253 e. The first kappa shape index (κ1) is 14.8. The first-order valence-corrected chi connectivity index (χ1v) is 7.06. The molecule has 0 bridgehead atoms. The molecule has 5 nitrogen and oxygen atoms in total. The van der Waals surface area contributed by atoms with Crippen LogP contribution in [-0.2, 0) is 13.0 Å². The molecule has 0 aliphatic carbocycles. The molecule has 0 saturated heterocycles. The lowest BCUT2D eigenvalue weighted by atomic mass is 10.3. The van der Waals surface area contributed by atoms with E-state index in [1.807, 2.05) is 12.1 Å². The predicted molar refractivity (Wildman–Crippen MR) is 76.9 cm³/mol. The molecule has 0 radical (unpaired) electrons. The Morgan fingerprint density at radius 1 is 1.30 bits per heavy atom. The van der Waals surface area contributed by atoms with Crippen LogP contribution in [-0.4, -0.2) is 23.3 Å². The average molecular weight is 296 g/mol. The summed E-state index contributed by atoms with van der Waals surface area (Å²) in [4.78, 5) is 0. The number of aryl methyl sites for hydroxylation is 1. The maximum Gasteiger partial charge on any atom is 0.253 e. The van der Waals surface area contributed by atoms with Gasteiger partial charge in [0.1, 0.15) is 5.75 Å². The second kappa shape index (κ2) is 7.87. The summed E-state index contributed by atoms with van der Waals surface area (Å²) in [7, 11) is 0. The third-order valence-corrected chi connectivity index (χ3v) is 2.90. The predicted octanol–water partition coefficient (Wildman–Crippen LogP) is 2.84. The number of rotatable bonds is 8. The minimum Gasteiger partial charge on any atom is -0.484 e. The second-order valence-electron chi connectivity index (χ2n) is 4.29. The maximum atomic E-state index is 5.88. The van der Waals surface area contributed by atoms with Gasteiger partial charge < -0.3 is 14.5 Å². The van der Waals surface area contributed by atoms with Gasteiger partial charge in [-0.2, -0.15) is 0 Å². The number of nitrogens with one attached hydrogen (secondary N) is 1. The molecule has 1 N–H and O–H groups in total. The van der Waals surface area contributed by atoms with Crippen LogP contribution in [0.25, 0.3) is 0 Å². The van der Waals surface area contributed by atoms with E-state index in [2.05, 4.69) is 22.4 Å². The quantitative estimate of drug-likeness (QED) is 0.759. The van der Waals surface area contributed by atoms with E-state index in [4.69, 9.17) is 20.8 Å². The van der Waals surface area contributed by atoms with Crippen molar-refractivity contribution in [2.75, 3.05) is 13.1 Å². The molecule has 2 rings (SSSR count). The summed E-state index contributed by atoms with van der Waals surface area (Å²) in [6, 6.07) is 7.20. The van der Waals surface area contributed by atoms with Gasteiger partial charge in [0, 0.05) is 11.4 Å². The summed E-state index contributed by atoms with van der Waals surface area (Å²) < 4.78 is 11.0. The Morgan fingerprint density at radius 2 is 2.15 bits per heavy atom. The third-order valence-electron chi connectivity index (χ3n) is 2.66. The number of ether oxygens (including phenoxy) is 1. The monoisotopic (exact) mass is 295 g/mol. The molecule has 0 amide bonds. The molecular formula is C14H18ClN3O2.